The van der Waals surface area contributed by atoms with Crippen molar-refractivity contribution >= 4 is 7.32 Å². The molecule has 2 rings (SSSR count). The Morgan fingerprint density at radius 2 is 1.79 bits per heavy atom. The highest BCUT2D eigenvalue weighted by atomic mass is 16.6. The molecule has 0 radical (unpaired) electrons. The quantitative estimate of drug-likeness (QED) is 0.704. The number of hydrogen-bond donors (Lipinski definition) is 2. The first-order valence-electron chi connectivity index (χ1n) is 4.73. The second-order valence-electron chi connectivity index (χ2n) is 4.03. The summed E-state index contributed by atoms with van der Waals surface area (Å²) in [5.74, 6) is 0.480. The van der Waals surface area contributed by atoms with Gasteiger partial charge in [0.15, 0.2) is 0 Å². The first-order valence-corrected chi connectivity index (χ1v) is 4.73. The third-order valence-corrected chi connectivity index (χ3v) is 2.79. The van der Waals surface area contributed by atoms with Gasteiger partial charge in [-0.1, -0.05) is 19.1 Å². The maximum absolute atomic E-state index is 8.58. The summed E-state index contributed by atoms with van der Waals surface area (Å²) in [5.41, 5.74) is 1.63. The van der Waals surface area contributed by atoms with Gasteiger partial charge in [-0.2, -0.15) is 0 Å². The van der Waals surface area contributed by atoms with Crippen LogP contribution in [0.5, 0.6) is 5.75 Å². The zero-order valence-corrected chi connectivity index (χ0v) is 8.10. The summed E-state index contributed by atoms with van der Waals surface area (Å²) in [5, 5.41) is 17.2. The van der Waals surface area contributed by atoms with Gasteiger partial charge in [-0.05, 0) is 36.0 Å². The molecule has 4 heteroatoms. The molecule has 1 aromatic carbocycles. The lowest BCUT2D eigenvalue weighted by atomic mass is 9.98. The summed E-state index contributed by atoms with van der Waals surface area (Å²) in [7, 11) is -1.74. The van der Waals surface area contributed by atoms with Crippen molar-refractivity contribution in [1.29, 1.82) is 0 Å². The molecule has 0 atom stereocenters. The topological polar surface area (TPSA) is 49.7 Å². The zero-order chi connectivity index (χ0) is 10.2. The van der Waals surface area contributed by atoms with Gasteiger partial charge in [0, 0.05) is 0 Å². The molecule has 74 valence electrons. The van der Waals surface area contributed by atoms with E-state index in [0.717, 1.165) is 0 Å². The molecule has 0 bridgehead atoms. The van der Waals surface area contributed by atoms with E-state index in [2.05, 4.69) is 6.92 Å². The van der Waals surface area contributed by atoms with Gasteiger partial charge in [-0.15, -0.1) is 0 Å². The third kappa shape index (κ3) is 1.91. The molecule has 3 nitrogen and oxygen atoms in total. The summed E-state index contributed by atoms with van der Waals surface area (Å²) in [6.07, 6.45) is 2.46. The summed E-state index contributed by atoms with van der Waals surface area (Å²) in [6, 6.07) is 7.48. The van der Waals surface area contributed by atoms with E-state index < -0.39 is 7.32 Å². The fourth-order valence-electron chi connectivity index (χ4n) is 1.53. The molecule has 0 unspecified atom stereocenters. The van der Waals surface area contributed by atoms with Gasteiger partial charge in [0.25, 0.3) is 0 Å². The molecule has 0 spiro atoms. The lowest BCUT2D eigenvalue weighted by Crippen LogP contribution is -2.20. The molecule has 1 aliphatic rings. The fourth-order valence-corrected chi connectivity index (χ4v) is 1.53. The predicted octanol–water partition coefficient (Wildman–Crippen LogP) is 1.09. The van der Waals surface area contributed by atoms with E-state index in [1.165, 1.54) is 18.4 Å². The molecule has 0 aliphatic heterocycles. The van der Waals surface area contributed by atoms with Crippen LogP contribution >= 0.6 is 0 Å². The number of hydrogen-bond acceptors (Lipinski definition) is 3. The van der Waals surface area contributed by atoms with E-state index in [9.17, 15) is 0 Å². The molecule has 1 aliphatic carbocycles. The molecule has 14 heavy (non-hydrogen) atoms. The molecular formula is C10H13BO3. The van der Waals surface area contributed by atoms with E-state index in [0.29, 0.717) is 11.2 Å². The average Bonchev–Trinajstić information content (AvgIpc) is 2.85. The SMILES string of the molecule is CC1(c2ccc(OB(O)O)cc2)CC1. The second-order valence-corrected chi connectivity index (χ2v) is 4.03. The van der Waals surface area contributed by atoms with Crippen molar-refractivity contribution in [3.05, 3.63) is 29.8 Å². The maximum Gasteiger partial charge on any atom is 0.707 e. The van der Waals surface area contributed by atoms with Crippen LogP contribution in [0, 0.1) is 0 Å². The fraction of sp³-hybridized carbons (Fsp3) is 0.400. The molecule has 2 N–H and O–H groups in total. The maximum atomic E-state index is 8.58. The van der Waals surface area contributed by atoms with Crippen LogP contribution in [0.4, 0.5) is 0 Å². The van der Waals surface area contributed by atoms with Crippen molar-refractivity contribution in [2.24, 2.45) is 0 Å². The highest BCUT2D eigenvalue weighted by Gasteiger charge is 2.38. The molecular weight excluding hydrogens is 179 g/mol. The highest BCUT2D eigenvalue weighted by Crippen LogP contribution is 2.47. The Balaban J connectivity index is 2.10. The minimum Gasteiger partial charge on any atom is -0.512 e. The van der Waals surface area contributed by atoms with E-state index in [1.807, 2.05) is 12.1 Å². The molecule has 0 heterocycles. The largest absolute Gasteiger partial charge is 0.707 e. The zero-order valence-electron chi connectivity index (χ0n) is 8.10. The molecule has 1 aromatic rings. The minimum atomic E-state index is -1.74. The molecule has 0 saturated heterocycles. The first kappa shape index (κ1) is 9.56. The van der Waals surface area contributed by atoms with Gasteiger partial charge < -0.3 is 14.7 Å². The summed E-state index contributed by atoms with van der Waals surface area (Å²) in [6.45, 7) is 2.23. The summed E-state index contributed by atoms with van der Waals surface area (Å²) >= 11 is 0. The Morgan fingerprint density at radius 1 is 1.21 bits per heavy atom. The van der Waals surface area contributed by atoms with Gasteiger partial charge in [0.1, 0.15) is 5.75 Å². The average molecular weight is 192 g/mol. The molecule has 0 aromatic heterocycles. The Morgan fingerprint density at radius 3 is 2.21 bits per heavy atom. The van der Waals surface area contributed by atoms with E-state index >= 15 is 0 Å². The van der Waals surface area contributed by atoms with Crippen molar-refractivity contribution in [2.75, 3.05) is 0 Å². The lowest BCUT2D eigenvalue weighted by Gasteiger charge is -2.10. The van der Waals surface area contributed by atoms with Crippen molar-refractivity contribution in [1.82, 2.24) is 0 Å². The van der Waals surface area contributed by atoms with Crippen LogP contribution in [0.1, 0.15) is 25.3 Å². The van der Waals surface area contributed by atoms with Gasteiger partial charge in [-0.25, -0.2) is 0 Å². The van der Waals surface area contributed by atoms with Crippen LogP contribution in [0.15, 0.2) is 24.3 Å². The number of rotatable bonds is 3. The Kier molecular flexibility index (Phi) is 2.25. The van der Waals surface area contributed by atoms with Crippen LogP contribution in [-0.4, -0.2) is 17.4 Å². The van der Waals surface area contributed by atoms with Gasteiger partial charge in [0.05, 0.1) is 0 Å². The Hall–Kier alpha value is -0.995. The van der Waals surface area contributed by atoms with Crippen LogP contribution in [-0.2, 0) is 5.41 Å². The van der Waals surface area contributed by atoms with Gasteiger partial charge >= 0.3 is 7.32 Å². The Labute approximate surface area is 83.5 Å². The standard InChI is InChI=1S/C10H13BO3/c1-10(6-7-10)8-2-4-9(5-3-8)14-11(12)13/h2-5,12-13H,6-7H2,1H3. The number of benzene rings is 1. The summed E-state index contributed by atoms with van der Waals surface area (Å²) in [4.78, 5) is 0. The predicted molar refractivity (Wildman–Crippen MR) is 53.8 cm³/mol. The molecule has 0 amide bonds. The smallest absolute Gasteiger partial charge is 0.512 e. The molecule has 1 saturated carbocycles. The normalized spacial score (nSPS) is 17.6. The Bertz CT molecular complexity index is 317. The van der Waals surface area contributed by atoms with Crippen LogP contribution in [0.2, 0.25) is 0 Å². The van der Waals surface area contributed by atoms with Crippen molar-refractivity contribution < 1.29 is 14.7 Å². The van der Waals surface area contributed by atoms with Crippen LogP contribution in [0.25, 0.3) is 0 Å². The van der Waals surface area contributed by atoms with Gasteiger partial charge in [0.2, 0.25) is 0 Å². The van der Waals surface area contributed by atoms with Gasteiger partial charge in [-0.3, -0.25) is 0 Å². The lowest BCUT2D eigenvalue weighted by molar-refractivity contribution is 0.288. The third-order valence-electron chi connectivity index (χ3n) is 2.79. The van der Waals surface area contributed by atoms with E-state index in [-0.39, 0.29) is 0 Å². The van der Waals surface area contributed by atoms with Crippen LogP contribution < -0.4 is 4.65 Å². The molecule has 1 fully saturated rings. The van der Waals surface area contributed by atoms with E-state index in [4.69, 9.17) is 14.7 Å². The van der Waals surface area contributed by atoms with Crippen molar-refractivity contribution in [3.8, 4) is 5.75 Å². The summed E-state index contributed by atoms with van der Waals surface area (Å²) < 4.78 is 4.71. The second kappa shape index (κ2) is 3.30. The monoisotopic (exact) mass is 192 g/mol. The van der Waals surface area contributed by atoms with Crippen LogP contribution in [0.3, 0.4) is 0 Å². The van der Waals surface area contributed by atoms with Crippen molar-refractivity contribution in [3.63, 3.8) is 0 Å². The minimum absolute atomic E-state index is 0.344. The highest BCUT2D eigenvalue weighted by molar-refractivity contribution is 6.33. The first-order chi connectivity index (χ1) is 6.60. The van der Waals surface area contributed by atoms with E-state index in [1.54, 1.807) is 12.1 Å². The van der Waals surface area contributed by atoms with Crippen molar-refractivity contribution in [2.45, 2.75) is 25.2 Å².